The Morgan fingerprint density at radius 1 is 1.47 bits per heavy atom. The lowest BCUT2D eigenvalue weighted by Crippen LogP contribution is -2.36. The molecule has 4 heteroatoms. The van der Waals surface area contributed by atoms with E-state index in [-0.39, 0.29) is 11.8 Å². The second-order valence-electron chi connectivity index (χ2n) is 5.39. The van der Waals surface area contributed by atoms with Gasteiger partial charge < -0.3 is 10.6 Å². The molecule has 1 aliphatic rings. The van der Waals surface area contributed by atoms with Crippen molar-refractivity contribution >= 4 is 5.91 Å². The molecule has 104 valence electrons. The van der Waals surface area contributed by atoms with Crippen LogP contribution in [0.25, 0.3) is 0 Å². The van der Waals surface area contributed by atoms with E-state index < -0.39 is 0 Å². The molecule has 0 fully saturated rings. The van der Waals surface area contributed by atoms with Gasteiger partial charge in [0.2, 0.25) is 5.91 Å². The number of fused-ring (bicyclic) bond motifs is 1. The van der Waals surface area contributed by atoms with Gasteiger partial charge in [0.05, 0.1) is 5.69 Å². The Bertz CT molecular complexity index is 431. The minimum absolute atomic E-state index is 0.0528. The van der Waals surface area contributed by atoms with E-state index in [1.165, 1.54) is 17.7 Å². The zero-order chi connectivity index (χ0) is 13.7. The number of carbonyl (C=O) groups excluding carboxylic acids is 1. The van der Waals surface area contributed by atoms with Gasteiger partial charge in [-0.05, 0) is 30.9 Å². The lowest BCUT2D eigenvalue weighted by atomic mass is 9.92. The summed E-state index contributed by atoms with van der Waals surface area (Å²) >= 11 is 0. The Hall–Kier alpha value is -1.42. The molecule has 0 saturated heterocycles. The number of hydrogen-bond acceptors (Lipinski definition) is 3. The first-order valence-corrected chi connectivity index (χ1v) is 7.13. The van der Waals surface area contributed by atoms with Gasteiger partial charge in [-0.2, -0.15) is 0 Å². The number of pyridine rings is 1. The van der Waals surface area contributed by atoms with Crippen molar-refractivity contribution < 1.29 is 4.79 Å². The molecule has 0 spiro atoms. The minimum atomic E-state index is 0.0528. The number of rotatable bonds is 5. The van der Waals surface area contributed by atoms with E-state index in [2.05, 4.69) is 21.7 Å². The van der Waals surface area contributed by atoms with Crippen molar-refractivity contribution in [1.82, 2.24) is 15.6 Å². The second kappa shape index (κ2) is 6.66. The second-order valence-corrected chi connectivity index (χ2v) is 5.39. The van der Waals surface area contributed by atoms with Crippen molar-refractivity contribution in [3.63, 3.8) is 0 Å². The molecule has 1 aromatic heterocycles. The van der Waals surface area contributed by atoms with Gasteiger partial charge in [0.1, 0.15) is 0 Å². The summed E-state index contributed by atoms with van der Waals surface area (Å²) in [5, 5.41) is 6.42. The maximum atomic E-state index is 11.4. The van der Waals surface area contributed by atoms with E-state index in [0.29, 0.717) is 12.6 Å². The summed E-state index contributed by atoms with van der Waals surface area (Å²) in [6, 6.07) is 4.50. The quantitative estimate of drug-likeness (QED) is 0.795. The normalized spacial score (nSPS) is 18.2. The van der Waals surface area contributed by atoms with Gasteiger partial charge in [-0.3, -0.25) is 9.78 Å². The number of hydrogen-bond donors (Lipinski definition) is 2. The summed E-state index contributed by atoms with van der Waals surface area (Å²) < 4.78 is 0. The highest BCUT2D eigenvalue weighted by Crippen LogP contribution is 2.27. The Kier molecular flexibility index (Phi) is 4.91. The number of nitrogens with one attached hydrogen (secondary N) is 2. The zero-order valence-electron chi connectivity index (χ0n) is 11.8. The molecular formula is C15H23N3O. The van der Waals surface area contributed by atoms with E-state index in [9.17, 15) is 4.79 Å². The number of nitrogens with zero attached hydrogens (tertiary/aromatic N) is 1. The molecule has 1 atom stereocenters. The fourth-order valence-electron chi connectivity index (χ4n) is 2.44. The zero-order valence-corrected chi connectivity index (χ0v) is 11.8. The Labute approximate surface area is 115 Å². The molecule has 0 aromatic carbocycles. The van der Waals surface area contributed by atoms with Gasteiger partial charge in [-0.25, -0.2) is 0 Å². The number of aryl methyl sites for hydroxylation is 1. The fourth-order valence-corrected chi connectivity index (χ4v) is 2.44. The minimum Gasteiger partial charge on any atom is -0.355 e. The van der Waals surface area contributed by atoms with Crippen molar-refractivity contribution in [2.24, 2.45) is 5.92 Å². The molecule has 1 aromatic rings. The first kappa shape index (κ1) is 14.0. The van der Waals surface area contributed by atoms with Crippen LogP contribution >= 0.6 is 0 Å². The van der Waals surface area contributed by atoms with Crippen molar-refractivity contribution in [2.45, 2.75) is 39.2 Å². The lowest BCUT2D eigenvalue weighted by molar-refractivity contribution is -0.123. The Morgan fingerprint density at radius 2 is 2.32 bits per heavy atom. The molecular weight excluding hydrogens is 238 g/mol. The van der Waals surface area contributed by atoms with Crippen LogP contribution in [0.3, 0.4) is 0 Å². The van der Waals surface area contributed by atoms with Crippen LogP contribution in [0.15, 0.2) is 18.3 Å². The molecule has 1 heterocycles. The summed E-state index contributed by atoms with van der Waals surface area (Å²) in [5.74, 6) is 0.168. The highest BCUT2D eigenvalue weighted by molar-refractivity contribution is 5.77. The molecule has 0 bridgehead atoms. The van der Waals surface area contributed by atoms with Crippen LogP contribution < -0.4 is 10.6 Å². The van der Waals surface area contributed by atoms with Gasteiger partial charge in [0.25, 0.3) is 0 Å². The largest absolute Gasteiger partial charge is 0.355 e. The summed E-state index contributed by atoms with van der Waals surface area (Å²) in [4.78, 5) is 15.9. The first-order valence-electron chi connectivity index (χ1n) is 7.13. The SMILES string of the molecule is CC(C)C(=O)NCCNC1CCCc2cccnc21. The molecule has 0 saturated carbocycles. The topological polar surface area (TPSA) is 54.0 Å². The van der Waals surface area contributed by atoms with Crippen LogP contribution in [-0.4, -0.2) is 24.0 Å². The fraction of sp³-hybridized carbons (Fsp3) is 0.600. The molecule has 2 N–H and O–H groups in total. The molecule has 19 heavy (non-hydrogen) atoms. The van der Waals surface area contributed by atoms with E-state index in [1.807, 2.05) is 26.1 Å². The predicted molar refractivity (Wildman–Crippen MR) is 75.8 cm³/mol. The summed E-state index contributed by atoms with van der Waals surface area (Å²) in [6.45, 7) is 5.28. The van der Waals surface area contributed by atoms with Gasteiger partial charge in [-0.15, -0.1) is 0 Å². The number of amides is 1. The van der Waals surface area contributed by atoms with Crippen LogP contribution in [0.5, 0.6) is 0 Å². The van der Waals surface area contributed by atoms with E-state index in [1.54, 1.807) is 0 Å². The van der Waals surface area contributed by atoms with Crippen LogP contribution in [0.1, 0.15) is 44.0 Å². The third kappa shape index (κ3) is 3.77. The molecule has 2 rings (SSSR count). The van der Waals surface area contributed by atoms with Gasteiger partial charge >= 0.3 is 0 Å². The average molecular weight is 261 g/mol. The third-order valence-electron chi connectivity index (χ3n) is 3.53. The maximum Gasteiger partial charge on any atom is 0.222 e. The molecule has 0 aliphatic heterocycles. The smallest absolute Gasteiger partial charge is 0.222 e. The van der Waals surface area contributed by atoms with Gasteiger partial charge in [-0.1, -0.05) is 19.9 Å². The molecule has 1 unspecified atom stereocenters. The van der Waals surface area contributed by atoms with Crippen LogP contribution in [0.4, 0.5) is 0 Å². The standard InChI is InChI=1S/C15H23N3O/c1-11(2)15(19)18-10-9-16-13-7-3-5-12-6-4-8-17-14(12)13/h4,6,8,11,13,16H,3,5,7,9-10H2,1-2H3,(H,18,19). The van der Waals surface area contributed by atoms with Crippen LogP contribution in [-0.2, 0) is 11.2 Å². The Morgan fingerprint density at radius 3 is 3.11 bits per heavy atom. The number of carbonyl (C=O) groups is 1. The molecule has 1 amide bonds. The highest BCUT2D eigenvalue weighted by Gasteiger charge is 2.20. The van der Waals surface area contributed by atoms with E-state index >= 15 is 0 Å². The summed E-state index contributed by atoms with van der Waals surface area (Å²) in [6.07, 6.45) is 5.32. The predicted octanol–water partition coefficient (Wildman–Crippen LogP) is 1.82. The maximum absolute atomic E-state index is 11.4. The van der Waals surface area contributed by atoms with E-state index in [0.717, 1.165) is 19.4 Å². The van der Waals surface area contributed by atoms with Crippen molar-refractivity contribution in [3.05, 3.63) is 29.6 Å². The average Bonchev–Trinajstić information content (AvgIpc) is 2.43. The summed E-state index contributed by atoms with van der Waals surface area (Å²) in [7, 11) is 0. The molecule has 1 aliphatic carbocycles. The third-order valence-corrected chi connectivity index (χ3v) is 3.53. The summed E-state index contributed by atoms with van der Waals surface area (Å²) in [5.41, 5.74) is 2.54. The monoisotopic (exact) mass is 261 g/mol. The van der Waals surface area contributed by atoms with Crippen LogP contribution in [0, 0.1) is 5.92 Å². The van der Waals surface area contributed by atoms with Crippen LogP contribution in [0.2, 0.25) is 0 Å². The van der Waals surface area contributed by atoms with Crippen molar-refractivity contribution in [3.8, 4) is 0 Å². The number of aromatic nitrogens is 1. The van der Waals surface area contributed by atoms with E-state index in [4.69, 9.17) is 0 Å². The lowest BCUT2D eigenvalue weighted by Gasteiger charge is -2.25. The van der Waals surface area contributed by atoms with Gasteiger partial charge in [0, 0.05) is 31.2 Å². The van der Waals surface area contributed by atoms with Gasteiger partial charge in [0.15, 0.2) is 0 Å². The highest BCUT2D eigenvalue weighted by atomic mass is 16.1. The first-order chi connectivity index (χ1) is 9.18. The van der Waals surface area contributed by atoms with Crippen molar-refractivity contribution in [2.75, 3.05) is 13.1 Å². The van der Waals surface area contributed by atoms with Crippen molar-refractivity contribution in [1.29, 1.82) is 0 Å². The molecule has 0 radical (unpaired) electrons. The molecule has 4 nitrogen and oxygen atoms in total. The Balaban J connectivity index is 1.80.